The Balaban J connectivity index is 1.28. The fourth-order valence-electron chi connectivity index (χ4n) is 5.18. The Morgan fingerprint density at radius 1 is 1.17 bits per heavy atom. The van der Waals surface area contributed by atoms with Crippen LogP contribution in [0, 0.1) is 6.92 Å². The fraction of sp³-hybridized carbons (Fsp3) is 0.500. The Kier molecular flexibility index (Phi) is 5.21. The smallest absolute Gasteiger partial charge is 0.178 e. The number of aryl methyl sites for hydroxylation is 1. The Morgan fingerprint density at radius 2 is 2.00 bits per heavy atom. The highest BCUT2D eigenvalue weighted by molar-refractivity contribution is 5.77. The number of H-pyrrole nitrogens is 1. The van der Waals surface area contributed by atoms with E-state index in [1.165, 1.54) is 48.1 Å². The summed E-state index contributed by atoms with van der Waals surface area (Å²) in [5.74, 6) is 0.908. The number of benzene rings is 1. The molecule has 0 amide bonds. The highest BCUT2D eigenvalue weighted by Crippen LogP contribution is 2.37. The van der Waals surface area contributed by atoms with E-state index in [2.05, 4.69) is 56.5 Å². The molecule has 5 rings (SSSR count). The SMILES string of the molecule is COC1CCC(N(C)Cc2ccc3c(c2)CC(c2ccnc4nc(C)[nH]c24)N3)CC1. The Hall–Kier alpha value is -2.44. The second kappa shape index (κ2) is 8.00. The van der Waals surface area contributed by atoms with Crippen molar-refractivity contribution in [3.05, 3.63) is 53.0 Å². The molecule has 1 fully saturated rings. The molecular weight excluding hydrogens is 374 g/mol. The molecule has 1 aliphatic heterocycles. The van der Waals surface area contributed by atoms with Crippen LogP contribution in [0.3, 0.4) is 0 Å². The van der Waals surface area contributed by atoms with Crippen molar-refractivity contribution >= 4 is 16.9 Å². The van der Waals surface area contributed by atoms with E-state index in [-0.39, 0.29) is 6.04 Å². The van der Waals surface area contributed by atoms with Crippen LogP contribution in [0.15, 0.2) is 30.5 Å². The molecule has 1 aromatic carbocycles. The molecule has 6 heteroatoms. The lowest BCUT2D eigenvalue weighted by molar-refractivity contribution is 0.0427. The van der Waals surface area contributed by atoms with Crippen LogP contribution in [0.5, 0.6) is 0 Å². The number of aromatic amines is 1. The summed E-state index contributed by atoms with van der Waals surface area (Å²) in [7, 11) is 4.10. The number of rotatable bonds is 5. The quantitative estimate of drug-likeness (QED) is 0.660. The Morgan fingerprint density at radius 3 is 2.80 bits per heavy atom. The summed E-state index contributed by atoms with van der Waals surface area (Å²) in [4.78, 5) is 14.8. The molecule has 1 unspecified atom stereocenters. The Bertz CT molecular complexity index is 1040. The topological polar surface area (TPSA) is 66.1 Å². The average Bonchev–Trinajstić information content (AvgIpc) is 3.35. The van der Waals surface area contributed by atoms with Gasteiger partial charge in [-0.05, 0) is 69.3 Å². The molecule has 2 aliphatic rings. The maximum absolute atomic E-state index is 5.53. The minimum atomic E-state index is 0.252. The molecule has 2 aromatic heterocycles. The van der Waals surface area contributed by atoms with Crippen LogP contribution in [0.4, 0.5) is 5.69 Å². The van der Waals surface area contributed by atoms with Crippen molar-refractivity contribution in [1.29, 1.82) is 0 Å². The predicted molar refractivity (Wildman–Crippen MR) is 120 cm³/mol. The lowest BCUT2D eigenvalue weighted by atomic mass is 9.92. The zero-order valence-electron chi connectivity index (χ0n) is 18.1. The number of fused-ring (bicyclic) bond motifs is 2. The summed E-state index contributed by atoms with van der Waals surface area (Å²) < 4.78 is 5.53. The molecule has 0 bridgehead atoms. The molecule has 3 heterocycles. The van der Waals surface area contributed by atoms with Crippen molar-refractivity contribution in [3.63, 3.8) is 0 Å². The van der Waals surface area contributed by atoms with Crippen LogP contribution >= 0.6 is 0 Å². The van der Waals surface area contributed by atoms with Gasteiger partial charge in [0.15, 0.2) is 5.65 Å². The van der Waals surface area contributed by atoms with E-state index in [0.29, 0.717) is 12.1 Å². The van der Waals surface area contributed by atoms with Crippen molar-refractivity contribution in [2.75, 3.05) is 19.5 Å². The van der Waals surface area contributed by atoms with E-state index in [9.17, 15) is 0 Å². The van der Waals surface area contributed by atoms with Gasteiger partial charge in [0, 0.05) is 37.1 Å². The number of imidazole rings is 1. The lowest BCUT2D eigenvalue weighted by Crippen LogP contribution is -2.36. The van der Waals surface area contributed by atoms with Gasteiger partial charge in [-0.3, -0.25) is 4.90 Å². The second-order valence-electron chi connectivity index (χ2n) is 8.89. The van der Waals surface area contributed by atoms with Crippen molar-refractivity contribution in [1.82, 2.24) is 19.9 Å². The van der Waals surface area contributed by atoms with E-state index in [1.807, 2.05) is 20.2 Å². The van der Waals surface area contributed by atoms with Gasteiger partial charge in [-0.15, -0.1) is 0 Å². The van der Waals surface area contributed by atoms with Gasteiger partial charge in [0.1, 0.15) is 5.82 Å². The van der Waals surface area contributed by atoms with E-state index in [1.54, 1.807) is 0 Å². The fourth-order valence-corrected chi connectivity index (χ4v) is 5.18. The third kappa shape index (κ3) is 3.70. The number of nitrogens with zero attached hydrogens (tertiary/aromatic N) is 3. The molecule has 1 saturated carbocycles. The maximum atomic E-state index is 5.53. The van der Waals surface area contributed by atoms with Crippen LogP contribution in [0.2, 0.25) is 0 Å². The average molecular weight is 406 g/mol. The van der Waals surface area contributed by atoms with Crippen LogP contribution in [0.1, 0.15) is 54.2 Å². The van der Waals surface area contributed by atoms with Crippen LogP contribution in [0.25, 0.3) is 11.2 Å². The van der Waals surface area contributed by atoms with Gasteiger partial charge in [0.2, 0.25) is 0 Å². The number of methoxy groups -OCH3 is 1. The number of anilines is 1. The molecule has 2 N–H and O–H groups in total. The first-order valence-electron chi connectivity index (χ1n) is 11.0. The summed E-state index contributed by atoms with van der Waals surface area (Å²) >= 11 is 0. The van der Waals surface area contributed by atoms with Gasteiger partial charge in [-0.2, -0.15) is 0 Å². The third-order valence-corrected chi connectivity index (χ3v) is 6.87. The number of hydrogen-bond acceptors (Lipinski definition) is 5. The maximum Gasteiger partial charge on any atom is 0.178 e. The predicted octanol–water partition coefficient (Wildman–Crippen LogP) is 4.37. The molecule has 158 valence electrons. The molecule has 6 nitrogen and oxygen atoms in total. The molecule has 30 heavy (non-hydrogen) atoms. The van der Waals surface area contributed by atoms with E-state index in [4.69, 9.17) is 4.74 Å². The van der Waals surface area contributed by atoms with Crippen LogP contribution in [-0.2, 0) is 17.7 Å². The van der Waals surface area contributed by atoms with Crippen molar-refractivity contribution in [2.24, 2.45) is 0 Å². The summed E-state index contributed by atoms with van der Waals surface area (Å²) in [6.07, 6.45) is 8.11. The highest BCUT2D eigenvalue weighted by atomic mass is 16.5. The number of ether oxygens (including phenoxy) is 1. The van der Waals surface area contributed by atoms with Gasteiger partial charge in [0.05, 0.1) is 17.7 Å². The molecule has 0 spiro atoms. The molecule has 3 aromatic rings. The second-order valence-corrected chi connectivity index (χ2v) is 8.89. The molecule has 0 radical (unpaired) electrons. The summed E-state index contributed by atoms with van der Waals surface area (Å²) in [6, 6.07) is 9.92. The first-order valence-corrected chi connectivity index (χ1v) is 11.0. The van der Waals surface area contributed by atoms with Crippen LogP contribution in [-0.4, -0.2) is 46.2 Å². The minimum Gasteiger partial charge on any atom is -0.381 e. The number of pyridine rings is 1. The summed E-state index contributed by atoms with van der Waals surface area (Å²) in [6.45, 7) is 2.98. The van der Waals surface area contributed by atoms with Gasteiger partial charge < -0.3 is 15.0 Å². The summed E-state index contributed by atoms with van der Waals surface area (Å²) in [5, 5.41) is 3.70. The van der Waals surface area contributed by atoms with E-state index < -0.39 is 0 Å². The lowest BCUT2D eigenvalue weighted by Gasteiger charge is -2.34. The van der Waals surface area contributed by atoms with Crippen molar-refractivity contribution in [3.8, 4) is 0 Å². The van der Waals surface area contributed by atoms with Gasteiger partial charge >= 0.3 is 0 Å². The number of nitrogens with one attached hydrogen (secondary N) is 2. The first kappa shape index (κ1) is 19.5. The monoisotopic (exact) mass is 405 g/mol. The van der Waals surface area contributed by atoms with Crippen molar-refractivity contribution < 1.29 is 4.74 Å². The largest absolute Gasteiger partial charge is 0.381 e. The summed E-state index contributed by atoms with van der Waals surface area (Å²) in [5.41, 5.74) is 7.12. The zero-order chi connectivity index (χ0) is 20.7. The minimum absolute atomic E-state index is 0.252. The standard InChI is InChI=1S/C24H31N5O/c1-15-26-23-20(10-11-25-24(23)27-15)22-13-17-12-16(4-9-21(17)28-22)14-29(2)18-5-7-19(30-3)8-6-18/h4,9-12,18-19,22,28H,5-8,13-14H2,1-3H3,(H,25,26,27). The van der Waals surface area contributed by atoms with E-state index >= 15 is 0 Å². The van der Waals surface area contributed by atoms with Gasteiger partial charge in [-0.25, -0.2) is 9.97 Å². The number of hydrogen-bond donors (Lipinski definition) is 2. The molecule has 1 atom stereocenters. The Labute approximate surface area is 178 Å². The molecular formula is C24H31N5O. The van der Waals surface area contributed by atoms with Crippen molar-refractivity contribution in [2.45, 2.75) is 63.8 Å². The first-order chi connectivity index (χ1) is 14.6. The zero-order valence-corrected chi connectivity index (χ0v) is 18.1. The van der Waals surface area contributed by atoms with Gasteiger partial charge in [-0.1, -0.05) is 12.1 Å². The highest BCUT2D eigenvalue weighted by Gasteiger charge is 2.26. The normalized spacial score (nSPS) is 23.7. The third-order valence-electron chi connectivity index (χ3n) is 6.87. The van der Waals surface area contributed by atoms with Gasteiger partial charge in [0.25, 0.3) is 0 Å². The molecule has 1 aliphatic carbocycles. The van der Waals surface area contributed by atoms with E-state index in [0.717, 1.165) is 30.0 Å². The number of aromatic nitrogens is 3. The van der Waals surface area contributed by atoms with Crippen LogP contribution < -0.4 is 5.32 Å². The molecule has 0 saturated heterocycles.